The van der Waals surface area contributed by atoms with Crippen LogP contribution in [0.2, 0.25) is 0 Å². The first-order valence-electron chi connectivity index (χ1n) is 7.77. The van der Waals surface area contributed by atoms with Crippen LogP contribution < -0.4 is 4.90 Å². The molecular weight excluding hydrogens is 276 g/mol. The Bertz CT molecular complexity index is 596. The minimum Gasteiger partial charge on any atom is -0.365 e. The van der Waals surface area contributed by atoms with Gasteiger partial charge in [0.25, 0.3) is 0 Å². The second kappa shape index (κ2) is 6.64. The molecule has 1 atom stereocenters. The van der Waals surface area contributed by atoms with Crippen molar-refractivity contribution in [3.63, 3.8) is 0 Å². The van der Waals surface area contributed by atoms with Crippen molar-refractivity contribution in [2.45, 2.75) is 18.8 Å². The zero-order valence-electron chi connectivity index (χ0n) is 12.9. The minimum absolute atomic E-state index is 0.183. The maximum absolute atomic E-state index is 12.6. The van der Waals surface area contributed by atoms with Crippen LogP contribution in [0.15, 0.2) is 42.7 Å². The Hall–Kier alpha value is -2.30. The highest BCUT2D eigenvalue weighted by Gasteiger charge is 2.26. The lowest BCUT2D eigenvalue weighted by Gasteiger charge is -2.33. The van der Waals surface area contributed by atoms with Crippen molar-refractivity contribution in [3.05, 3.63) is 48.5 Å². The van der Waals surface area contributed by atoms with Gasteiger partial charge in [0, 0.05) is 44.1 Å². The van der Waals surface area contributed by atoms with Gasteiger partial charge in [-0.25, -0.2) is 4.98 Å². The van der Waals surface area contributed by atoms with Crippen molar-refractivity contribution in [1.29, 1.82) is 0 Å². The van der Waals surface area contributed by atoms with Crippen LogP contribution >= 0.6 is 0 Å². The Balaban J connectivity index is 1.60. The molecule has 1 aromatic heterocycles. The standard InChI is InChI=1S/C17H22N4O/c1-20(15-7-3-2-4-8-15)13-16(22)21-11-5-6-14(12-21)17-18-9-10-19-17/h2-4,7-10,14H,5-6,11-13H2,1H3,(H,18,19). The second-order valence-corrected chi connectivity index (χ2v) is 5.84. The molecule has 1 fully saturated rings. The summed E-state index contributed by atoms with van der Waals surface area (Å²) in [4.78, 5) is 24.0. The Labute approximate surface area is 131 Å². The number of carbonyl (C=O) groups is 1. The summed E-state index contributed by atoms with van der Waals surface area (Å²) < 4.78 is 0. The van der Waals surface area contributed by atoms with Crippen LogP contribution in [0.3, 0.4) is 0 Å². The van der Waals surface area contributed by atoms with E-state index in [9.17, 15) is 4.79 Å². The Morgan fingerprint density at radius 1 is 1.41 bits per heavy atom. The SMILES string of the molecule is CN(CC(=O)N1CCCC(c2ncc[nH]2)C1)c1ccccc1. The van der Waals surface area contributed by atoms with Gasteiger partial charge >= 0.3 is 0 Å². The average Bonchev–Trinajstić information content (AvgIpc) is 3.10. The third-order valence-corrected chi connectivity index (χ3v) is 4.25. The number of amides is 1. The summed E-state index contributed by atoms with van der Waals surface area (Å²) in [7, 11) is 1.96. The number of imidazole rings is 1. The van der Waals surface area contributed by atoms with Crippen molar-refractivity contribution in [2.75, 3.05) is 31.6 Å². The van der Waals surface area contributed by atoms with Crippen LogP contribution in [0.5, 0.6) is 0 Å². The molecular formula is C17H22N4O. The summed E-state index contributed by atoms with van der Waals surface area (Å²) in [5.41, 5.74) is 1.07. The first kappa shape index (κ1) is 14.6. The van der Waals surface area contributed by atoms with Crippen molar-refractivity contribution < 1.29 is 4.79 Å². The number of anilines is 1. The van der Waals surface area contributed by atoms with E-state index >= 15 is 0 Å². The third kappa shape index (κ3) is 3.30. The van der Waals surface area contributed by atoms with Gasteiger partial charge in [0.15, 0.2) is 0 Å². The molecule has 0 spiro atoms. The van der Waals surface area contributed by atoms with Crippen molar-refractivity contribution in [2.24, 2.45) is 0 Å². The molecule has 0 bridgehead atoms. The predicted molar refractivity (Wildman–Crippen MR) is 86.9 cm³/mol. The number of aromatic amines is 1. The molecule has 1 N–H and O–H groups in total. The normalized spacial score (nSPS) is 18.2. The highest BCUT2D eigenvalue weighted by Crippen LogP contribution is 2.24. The molecule has 1 aromatic carbocycles. The molecule has 3 rings (SSSR count). The lowest BCUT2D eigenvalue weighted by atomic mass is 9.97. The van der Waals surface area contributed by atoms with Crippen molar-refractivity contribution >= 4 is 11.6 Å². The summed E-state index contributed by atoms with van der Waals surface area (Å²) in [6, 6.07) is 10.0. The number of likely N-dealkylation sites (tertiary alicyclic amines) is 1. The number of hydrogen-bond acceptors (Lipinski definition) is 3. The molecule has 1 aliphatic rings. The number of nitrogens with zero attached hydrogens (tertiary/aromatic N) is 3. The zero-order chi connectivity index (χ0) is 15.4. The van der Waals surface area contributed by atoms with Crippen molar-refractivity contribution in [3.8, 4) is 0 Å². The third-order valence-electron chi connectivity index (χ3n) is 4.25. The maximum atomic E-state index is 12.6. The van der Waals surface area contributed by atoms with Gasteiger partial charge in [0.1, 0.15) is 5.82 Å². The van der Waals surface area contributed by atoms with Crippen LogP contribution in [0.4, 0.5) is 5.69 Å². The van der Waals surface area contributed by atoms with Gasteiger partial charge in [0.2, 0.25) is 5.91 Å². The molecule has 1 saturated heterocycles. The summed E-state index contributed by atoms with van der Waals surface area (Å²) >= 11 is 0. The van der Waals surface area contributed by atoms with Crippen LogP contribution in [-0.4, -0.2) is 47.5 Å². The number of carbonyl (C=O) groups excluding carboxylic acids is 1. The Morgan fingerprint density at radius 2 is 2.23 bits per heavy atom. The summed E-state index contributed by atoms with van der Waals surface area (Å²) in [6.07, 6.45) is 5.75. The van der Waals surface area contributed by atoms with Crippen LogP contribution in [-0.2, 0) is 4.79 Å². The lowest BCUT2D eigenvalue weighted by molar-refractivity contribution is -0.130. The van der Waals surface area contributed by atoms with E-state index < -0.39 is 0 Å². The molecule has 2 aromatic rings. The van der Waals surface area contributed by atoms with E-state index in [-0.39, 0.29) is 5.91 Å². The topological polar surface area (TPSA) is 52.2 Å². The molecule has 2 heterocycles. The number of hydrogen-bond donors (Lipinski definition) is 1. The fourth-order valence-corrected chi connectivity index (χ4v) is 3.00. The van der Waals surface area contributed by atoms with E-state index in [1.165, 1.54) is 0 Å². The van der Waals surface area contributed by atoms with Gasteiger partial charge < -0.3 is 14.8 Å². The molecule has 1 amide bonds. The average molecular weight is 298 g/mol. The fourth-order valence-electron chi connectivity index (χ4n) is 3.00. The summed E-state index contributed by atoms with van der Waals surface area (Å²) in [6.45, 7) is 2.02. The quantitative estimate of drug-likeness (QED) is 0.942. The molecule has 0 radical (unpaired) electrons. The highest BCUT2D eigenvalue weighted by atomic mass is 16.2. The van der Waals surface area contributed by atoms with Gasteiger partial charge in [-0.2, -0.15) is 0 Å². The monoisotopic (exact) mass is 298 g/mol. The van der Waals surface area contributed by atoms with E-state index in [0.717, 1.165) is 37.4 Å². The predicted octanol–water partition coefficient (Wildman–Crippen LogP) is 2.25. The first-order valence-corrected chi connectivity index (χ1v) is 7.77. The molecule has 1 unspecified atom stereocenters. The van der Waals surface area contributed by atoms with E-state index in [0.29, 0.717) is 12.5 Å². The Morgan fingerprint density at radius 3 is 2.95 bits per heavy atom. The number of aromatic nitrogens is 2. The molecule has 22 heavy (non-hydrogen) atoms. The van der Waals surface area contributed by atoms with Gasteiger partial charge in [-0.1, -0.05) is 18.2 Å². The van der Waals surface area contributed by atoms with Crippen LogP contribution in [0.1, 0.15) is 24.6 Å². The van der Waals surface area contributed by atoms with E-state index in [4.69, 9.17) is 0 Å². The molecule has 116 valence electrons. The van der Waals surface area contributed by atoms with Gasteiger partial charge in [-0.3, -0.25) is 4.79 Å². The molecule has 1 aliphatic heterocycles. The van der Waals surface area contributed by atoms with E-state index in [1.807, 2.05) is 53.4 Å². The summed E-state index contributed by atoms with van der Waals surface area (Å²) in [5.74, 6) is 1.51. The van der Waals surface area contributed by atoms with Crippen LogP contribution in [0.25, 0.3) is 0 Å². The molecule has 5 nitrogen and oxygen atoms in total. The number of piperidine rings is 1. The molecule has 5 heteroatoms. The minimum atomic E-state index is 0.183. The highest BCUT2D eigenvalue weighted by molar-refractivity contribution is 5.81. The van der Waals surface area contributed by atoms with Crippen molar-refractivity contribution in [1.82, 2.24) is 14.9 Å². The lowest BCUT2D eigenvalue weighted by Crippen LogP contribution is -2.44. The summed E-state index contributed by atoms with van der Waals surface area (Å²) in [5, 5.41) is 0. The number of H-pyrrole nitrogens is 1. The maximum Gasteiger partial charge on any atom is 0.242 e. The van der Waals surface area contributed by atoms with Gasteiger partial charge in [-0.15, -0.1) is 0 Å². The zero-order valence-corrected chi connectivity index (χ0v) is 12.9. The van der Waals surface area contributed by atoms with Gasteiger partial charge in [0.05, 0.1) is 6.54 Å². The van der Waals surface area contributed by atoms with Crippen LogP contribution in [0, 0.1) is 0 Å². The number of benzene rings is 1. The number of likely N-dealkylation sites (N-methyl/N-ethyl adjacent to an activating group) is 1. The fraction of sp³-hybridized carbons (Fsp3) is 0.412. The second-order valence-electron chi connectivity index (χ2n) is 5.84. The smallest absolute Gasteiger partial charge is 0.242 e. The largest absolute Gasteiger partial charge is 0.365 e. The van der Waals surface area contributed by atoms with E-state index in [2.05, 4.69) is 9.97 Å². The first-order chi connectivity index (χ1) is 10.7. The number of rotatable bonds is 4. The van der Waals surface area contributed by atoms with Gasteiger partial charge in [-0.05, 0) is 25.0 Å². The van der Waals surface area contributed by atoms with E-state index in [1.54, 1.807) is 6.20 Å². The molecule has 0 aliphatic carbocycles. The Kier molecular flexibility index (Phi) is 4.42. The number of para-hydroxylation sites is 1. The number of nitrogens with one attached hydrogen (secondary N) is 1. The molecule has 0 saturated carbocycles.